The first-order valence-corrected chi connectivity index (χ1v) is 11.4. The average molecular weight is 403 g/mol. The molecule has 2 aliphatic carbocycles. The smallest absolute Gasteiger partial charge is 0.272 e. The summed E-state index contributed by atoms with van der Waals surface area (Å²) in [5.74, 6) is -0.234. The number of fused-ring (bicyclic) bond motifs is 1. The predicted octanol–water partition coefficient (Wildman–Crippen LogP) is 2.54. The Bertz CT molecular complexity index is 977. The van der Waals surface area contributed by atoms with Gasteiger partial charge in [0.15, 0.2) is 0 Å². The van der Waals surface area contributed by atoms with Crippen molar-refractivity contribution < 1.29 is 13.2 Å². The second-order valence-electron chi connectivity index (χ2n) is 7.58. The van der Waals surface area contributed by atoms with Gasteiger partial charge in [0.1, 0.15) is 5.69 Å². The molecule has 2 N–H and O–H groups in total. The van der Waals surface area contributed by atoms with E-state index in [1.807, 2.05) is 13.0 Å². The number of benzene rings is 1. The van der Waals surface area contributed by atoms with Crippen molar-refractivity contribution in [2.45, 2.75) is 69.0 Å². The maximum Gasteiger partial charge on any atom is 0.272 e. The van der Waals surface area contributed by atoms with E-state index >= 15 is 0 Å². The highest BCUT2D eigenvalue weighted by Crippen LogP contribution is 2.33. The van der Waals surface area contributed by atoms with Gasteiger partial charge < -0.3 is 5.32 Å². The van der Waals surface area contributed by atoms with E-state index in [1.54, 1.807) is 29.1 Å². The molecule has 8 heteroatoms. The number of hydrogen-bond donors (Lipinski definition) is 2. The molecule has 28 heavy (non-hydrogen) atoms. The number of nitrogens with one attached hydrogen (secondary N) is 2. The molecule has 1 aromatic carbocycles. The fraction of sp³-hybridized carbons (Fsp3) is 0.500. The summed E-state index contributed by atoms with van der Waals surface area (Å²) in [6.45, 7) is 2.66. The third kappa shape index (κ3) is 3.84. The Hall–Kier alpha value is -2.19. The van der Waals surface area contributed by atoms with Gasteiger partial charge in [0.2, 0.25) is 10.0 Å². The third-order valence-corrected chi connectivity index (χ3v) is 7.20. The minimum atomic E-state index is -3.55. The molecule has 1 saturated carbocycles. The zero-order valence-corrected chi connectivity index (χ0v) is 16.8. The lowest BCUT2D eigenvalue weighted by molar-refractivity contribution is 0.0931. The molecule has 0 unspecified atom stereocenters. The molecular formula is C20H26N4O3S. The van der Waals surface area contributed by atoms with Crippen molar-refractivity contribution in [1.29, 1.82) is 0 Å². The van der Waals surface area contributed by atoms with E-state index in [0.29, 0.717) is 12.2 Å². The summed E-state index contributed by atoms with van der Waals surface area (Å²) in [5.41, 5.74) is 2.35. The van der Waals surface area contributed by atoms with Crippen molar-refractivity contribution in [2.75, 3.05) is 0 Å². The van der Waals surface area contributed by atoms with Gasteiger partial charge in [0.05, 0.1) is 10.9 Å². The van der Waals surface area contributed by atoms with Gasteiger partial charge in [0, 0.05) is 18.8 Å². The Balaban J connectivity index is 1.52. The molecule has 2 aromatic rings. The Labute approximate surface area is 165 Å². The minimum absolute atomic E-state index is 0.0300. The molecule has 0 aliphatic heterocycles. The first kappa shape index (κ1) is 19.1. The van der Waals surface area contributed by atoms with Crippen molar-refractivity contribution in [3.63, 3.8) is 0 Å². The number of rotatable bonds is 6. The van der Waals surface area contributed by atoms with Crippen molar-refractivity contribution >= 4 is 15.9 Å². The van der Waals surface area contributed by atoms with Crippen LogP contribution in [0.5, 0.6) is 0 Å². The monoisotopic (exact) mass is 402 g/mol. The van der Waals surface area contributed by atoms with Crippen LogP contribution < -0.4 is 10.0 Å². The fourth-order valence-electron chi connectivity index (χ4n) is 4.12. The molecule has 150 valence electrons. The van der Waals surface area contributed by atoms with Crippen molar-refractivity contribution in [3.05, 3.63) is 47.3 Å². The molecule has 0 spiro atoms. The predicted molar refractivity (Wildman–Crippen MR) is 105 cm³/mol. The van der Waals surface area contributed by atoms with Crippen LogP contribution in [0.1, 0.15) is 66.7 Å². The van der Waals surface area contributed by atoms with Crippen LogP contribution in [0.4, 0.5) is 0 Å². The topological polar surface area (TPSA) is 93.1 Å². The minimum Gasteiger partial charge on any atom is -0.344 e. The van der Waals surface area contributed by atoms with Gasteiger partial charge in [-0.2, -0.15) is 5.10 Å². The number of sulfonamides is 1. The number of amides is 1. The largest absolute Gasteiger partial charge is 0.344 e. The van der Waals surface area contributed by atoms with E-state index < -0.39 is 10.0 Å². The summed E-state index contributed by atoms with van der Waals surface area (Å²) < 4.78 is 30.1. The molecular weight excluding hydrogens is 376 g/mol. The van der Waals surface area contributed by atoms with Crippen LogP contribution >= 0.6 is 0 Å². The molecule has 1 fully saturated rings. The molecule has 0 saturated heterocycles. The lowest BCUT2D eigenvalue weighted by Gasteiger charge is -2.16. The number of nitrogens with zero attached hydrogens (tertiary/aromatic N) is 2. The highest BCUT2D eigenvalue weighted by Gasteiger charge is 2.28. The lowest BCUT2D eigenvalue weighted by atomic mass is 10.1. The van der Waals surface area contributed by atoms with E-state index in [4.69, 9.17) is 0 Å². The number of aryl methyl sites for hydroxylation is 2. The third-order valence-electron chi connectivity index (χ3n) is 5.69. The summed E-state index contributed by atoms with van der Waals surface area (Å²) >= 11 is 0. The summed E-state index contributed by atoms with van der Waals surface area (Å²) in [6.07, 6.45) is 7.28. The number of hydrogen-bond acceptors (Lipinski definition) is 4. The number of carbonyl (C=O) groups excluding carboxylic acids is 1. The van der Waals surface area contributed by atoms with Gasteiger partial charge in [0.25, 0.3) is 5.91 Å². The fourth-order valence-corrected chi connectivity index (χ4v) is 5.46. The number of carbonyl (C=O) groups is 1. The van der Waals surface area contributed by atoms with E-state index in [2.05, 4.69) is 15.1 Å². The van der Waals surface area contributed by atoms with Crippen LogP contribution in [-0.2, 0) is 23.0 Å². The molecule has 0 bridgehead atoms. The summed E-state index contributed by atoms with van der Waals surface area (Å²) in [7, 11) is -3.55. The molecule has 1 amide bonds. The van der Waals surface area contributed by atoms with Crippen LogP contribution in [-0.4, -0.2) is 30.1 Å². The van der Waals surface area contributed by atoms with Gasteiger partial charge in [-0.15, -0.1) is 0 Å². The van der Waals surface area contributed by atoms with Crippen LogP contribution in [0.25, 0.3) is 0 Å². The summed E-state index contributed by atoms with van der Waals surface area (Å²) in [5, 5.41) is 7.25. The highest BCUT2D eigenvalue weighted by molar-refractivity contribution is 7.89. The highest BCUT2D eigenvalue weighted by atomic mass is 32.2. The molecule has 4 rings (SSSR count). The van der Waals surface area contributed by atoms with Crippen molar-refractivity contribution in [1.82, 2.24) is 19.8 Å². The first-order valence-electron chi connectivity index (χ1n) is 9.96. The van der Waals surface area contributed by atoms with Crippen LogP contribution in [0.15, 0.2) is 35.4 Å². The standard InChI is InChI=1S/C20H26N4O3S/c1-2-24-12-11-19(22-24)20(25)21-18-10-8-14-7-9-16(13-17(14)18)28(26,27)23-15-5-3-4-6-15/h7,9,11-13,15,18,23H,2-6,8,10H2,1H3,(H,21,25)/t18-/m0/s1. The second kappa shape index (κ2) is 7.67. The maximum absolute atomic E-state index is 12.8. The first-order chi connectivity index (χ1) is 13.5. The lowest BCUT2D eigenvalue weighted by Crippen LogP contribution is -2.33. The van der Waals surface area contributed by atoms with E-state index in [9.17, 15) is 13.2 Å². The zero-order chi connectivity index (χ0) is 19.7. The maximum atomic E-state index is 12.8. The molecule has 1 atom stereocenters. The van der Waals surface area contributed by atoms with Crippen LogP contribution in [0.3, 0.4) is 0 Å². The Kier molecular flexibility index (Phi) is 5.25. The van der Waals surface area contributed by atoms with Gasteiger partial charge in [-0.3, -0.25) is 9.48 Å². The van der Waals surface area contributed by atoms with E-state index in [-0.39, 0.29) is 22.9 Å². The van der Waals surface area contributed by atoms with E-state index in [1.165, 1.54) is 0 Å². The average Bonchev–Trinajstić information content (AvgIpc) is 3.42. The molecule has 1 aromatic heterocycles. The zero-order valence-electron chi connectivity index (χ0n) is 16.0. The van der Waals surface area contributed by atoms with Crippen molar-refractivity contribution in [3.8, 4) is 0 Å². The SMILES string of the molecule is CCn1ccc(C(=O)N[C@H]2CCc3ccc(S(=O)(=O)NC4CCCC4)cc32)n1. The van der Waals surface area contributed by atoms with Crippen LogP contribution in [0, 0.1) is 0 Å². The summed E-state index contributed by atoms with van der Waals surface area (Å²) in [6, 6.07) is 6.79. The summed E-state index contributed by atoms with van der Waals surface area (Å²) in [4.78, 5) is 12.8. The van der Waals surface area contributed by atoms with Crippen LogP contribution in [0.2, 0.25) is 0 Å². The Morgan fingerprint density at radius 2 is 2.00 bits per heavy atom. The Morgan fingerprint density at radius 3 is 2.71 bits per heavy atom. The van der Waals surface area contributed by atoms with Gasteiger partial charge in [-0.25, -0.2) is 13.1 Å². The molecule has 0 radical (unpaired) electrons. The van der Waals surface area contributed by atoms with Gasteiger partial charge in [-0.1, -0.05) is 18.9 Å². The van der Waals surface area contributed by atoms with E-state index in [0.717, 1.165) is 49.7 Å². The van der Waals surface area contributed by atoms with Gasteiger partial charge >= 0.3 is 0 Å². The number of aromatic nitrogens is 2. The quantitative estimate of drug-likeness (QED) is 0.777. The molecule has 2 aliphatic rings. The normalized spacial score (nSPS) is 19.7. The Morgan fingerprint density at radius 1 is 1.21 bits per heavy atom. The molecule has 1 heterocycles. The molecule has 7 nitrogen and oxygen atoms in total. The van der Waals surface area contributed by atoms with Crippen molar-refractivity contribution in [2.24, 2.45) is 0 Å². The second-order valence-corrected chi connectivity index (χ2v) is 9.30. The van der Waals surface area contributed by atoms with Gasteiger partial charge in [-0.05, 0) is 61.9 Å².